The van der Waals surface area contributed by atoms with E-state index < -0.39 is 11.5 Å². The van der Waals surface area contributed by atoms with Gasteiger partial charge in [0, 0.05) is 19.0 Å². The van der Waals surface area contributed by atoms with Crippen molar-refractivity contribution >= 4 is 16.9 Å². The molecule has 0 unspecified atom stereocenters. The van der Waals surface area contributed by atoms with Crippen LogP contribution in [0.25, 0.3) is 11.0 Å². The number of para-hydroxylation sites is 1. The first-order chi connectivity index (χ1) is 11.0. The van der Waals surface area contributed by atoms with Crippen LogP contribution in [0.4, 0.5) is 4.39 Å². The summed E-state index contributed by atoms with van der Waals surface area (Å²) in [6.45, 7) is 0.197. The molecule has 3 rings (SSSR count). The van der Waals surface area contributed by atoms with Gasteiger partial charge in [-0.05, 0) is 29.8 Å². The first kappa shape index (κ1) is 15.0. The summed E-state index contributed by atoms with van der Waals surface area (Å²) in [6.07, 6.45) is 0. The van der Waals surface area contributed by atoms with Gasteiger partial charge >= 0.3 is 5.63 Å². The highest BCUT2D eigenvalue weighted by Crippen LogP contribution is 2.14. The van der Waals surface area contributed by atoms with Crippen LogP contribution in [0.2, 0.25) is 0 Å². The second kappa shape index (κ2) is 6.04. The molecule has 0 aliphatic carbocycles. The quantitative estimate of drug-likeness (QED) is 0.698. The maximum Gasteiger partial charge on any atom is 0.349 e. The van der Waals surface area contributed by atoms with E-state index in [2.05, 4.69) is 0 Å². The molecule has 23 heavy (non-hydrogen) atoms. The van der Waals surface area contributed by atoms with Crippen LogP contribution in [-0.4, -0.2) is 17.9 Å². The summed E-state index contributed by atoms with van der Waals surface area (Å²) in [5, 5.41) is 0.676. The van der Waals surface area contributed by atoms with E-state index in [4.69, 9.17) is 4.42 Å². The van der Waals surface area contributed by atoms with Crippen LogP contribution in [0, 0.1) is 5.82 Å². The summed E-state index contributed by atoms with van der Waals surface area (Å²) in [6, 6.07) is 14.5. The Morgan fingerprint density at radius 3 is 2.70 bits per heavy atom. The van der Waals surface area contributed by atoms with Gasteiger partial charge < -0.3 is 9.32 Å². The summed E-state index contributed by atoms with van der Waals surface area (Å²) in [5.74, 6) is -0.831. The predicted molar refractivity (Wildman–Crippen MR) is 84.7 cm³/mol. The first-order valence-electron chi connectivity index (χ1n) is 7.07. The fraction of sp³-hybridized carbons (Fsp3) is 0.111. The highest BCUT2D eigenvalue weighted by atomic mass is 19.1. The number of rotatable bonds is 3. The molecule has 4 nitrogen and oxygen atoms in total. The Hall–Kier alpha value is -2.95. The summed E-state index contributed by atoms with van der Waals surface area (Å²) >= 11 is 0. The van der Waals surface area contributed by atoms with Gasteiger partial charge in [0.05, 0.1) is 0 Å². The molecule has 0 saturated heterocycles. The monoisotopic (exact) mass is 311 g/mol. The van der Waals surface area contributed by atoms with Gasteiger partial charge in [0.15, 0.2) is 0 Å². The van der Waals surface area contributed by atoms with E-state index in [0.29, 0.717) is 16.5 Å². The smallest absolute Gasteiger partial charge is 0.349 e. The van der Waals surface area contributed by atoms with E-state index in [1.165, 1.54) is 23.1 Å². The van der Waals surface area contributed by atoms with E-state index in [1.807, 2.05) is 0 Å². The van der Waals surface area contributed by atoms with Crippen molar-refractivity contribution in [2.75, 3.05) is 7.05 Å². The zero-order valence-electron chi connectivity index (χ0n) is 12.5. The number of carbonyl (C=O) groups excluding carboxylic acids is 1. The number of fused-ring (bicyclic) bond motifs is 1. The lowest BCUT2D eigenvalue weighted by molar-refractivity contribution is 0.0781. The molecule has 1 aromatic heterocycles. The molecule has 116 valence electrons. The van der Waals surface area contributed by atoms with Gasteiger partial charge in [0.25, 0.3) is 5.91 Å². The molecule has 0 atom stereocenters. The fourth-order valence-corrected chi connectivity index (χ4v) is 2.40. The van der Waals surface area contributed by atoms with Crippen LogP contribution < -0.4 is 5.63 Å². The normalized spacial score (nSPS) is 10.7. The number of benzene rings is 2. The zero-order chi connectivity index (χ0) is 16.4. The van der Waals surface area contributed by atoms with E-state index in [0.717, 1.165) is 0 Å². The van der Waals surface area contributed by atoms with Crippen molar-refractivity contribution in [1.82, 2.24) is 4.90 Å². The highest BCUT2D eigenvalue weighted by Gasteiger charge is 2.18. The highest BCUT2D eigenvalue weighted by molar-refractivity contribution is 5.96. The Morgan fingerprint density at radius 2 is 1.91 bits per heavy atom. The van der Waals surface area contributed by atoms with E-state index >= 15 is 0 Å². The summed E-state index contributed by atoms with van der Waals surface area (Å²) < 4.78 is 18.4. The van der Waals surface area contributed by atoms with Crippen molar-refractivity contribution in [3.63, 3.8) is 0 Å². The van der Waals surface area contributed by atoms with Gasteiger partial charge in [-0.15, -0.1) is 0 Å². The summed E-state index contributed by atoms with van der Waals surface area (Å²) in [5.41, 5.74) is 0.357. The van der Waals surface area contributed by atoms with Gasteiger partial charge in [0.2, 0.25) is 0 Å². The Bertz CT molecular complexity index is 933. The minimum Gasteiger partial charge on any atom is -0.422 e. The lowest BCUT2D eigenvalue weighted by Crippen LogP contribution is -2.30. The number of halogens is 1. The Balaban J connectivity index is 1.90. The van der Waals surface area contributed by atoms with Crippen molar-refractivity contribution in [2.24, 2.45) is 0 Å². The zero-order valence-corrected chi connectivity index (χ0v) is 12.5. The average molecular weight is 311 g/mol. The number of carbonyl (C=O) groups is 1. The Morgan fingerprint density at radius 1 is 1.13 bits per heavy atom. The molecule has 0 radical (unpaired) electrons. The van der Waals surface area contributed by atoms with Gasteiger partial charge in [-0.25, -0.2) is 9.18 Å². The summed E-state index contributed by atoms with van der Waals surface area (Å²) in [7, 11) is 1.56. The third kappa shape index (κ3) is 3.13. The average Bonchev–Trinajstić information content (AvgIpc) is 2.53. The van der Waals surface area contributed by atoms with E-state index in [1.54, 1.807) is 43.4 Å². The number of amides is 1. The van der Waals surface area contributed by atoms with Crippen LogP contribution in [0.1, 0.15) is 15.9 Å². The van der Waals surface area contributed by atoms with Gasteiger partial charge in [-0.1, -0.05) is 30.3 Å². The minimum absolute atomic E-state index is 0.0393. The predicted octanol–water partition coefficient (Wildman–Crippen LogP) is 3.20. The largest absolute Gasteiger partial charge is 0.422 e. The molecule has 0 spiro atoms. The third-order valence-electron chi connectivity index (χ3n) is 3.53. The van der Waals surface area contributed by atoms with Crippen molar-refractivity contribution in [2.45, 2.75) is 6.54 Å². The maximum atomic E-state index is 13.2. The molecule has 2 aromatic carbocycles. The fourth-order valence-electron chi connectivity index (χ4n) is 2.40. The maximum absolute atomic E-state index is 13.2. The van der Waals surface area contributed by atoms with Crippen molar-refractivity contribution in [3.8, 4) is 0 Å². The SMILES string of the molecule is CN(Cc1cccc(F)c1)C(=O)c1cc2ccccc2oc1=O. The van der Waals surface area contributed by atoms with Crippen LogP contribution in [0.15, 0.2) is 63.8 Å². The Kier molecular flexibility index (Phi) is 3.93. The molecule has 1 heterocycles. The van der Waals surface area contributed by atoms with Crippen molar-refractivity contribution in [1.29, 1.82) is 0 Å². The second-order valence-electron chi connectivity index (χ2n) is 5.28. The first-order valence-corrected chi connectivity index (χ1v) is 7.07. The molecule has 3 aromatic rings. The van der Waals surface area contributed by atoms with Crippen LogP contribution in [0.3, 0.4) is 0 Å². The molecular weight excluding hydrogens is 297 g/mol. The number of hydrogen-bond acceptors (Lipinski definition) is 3. The van der Waals surface area contributed by atoms with Crippen LogP contribution in [0.5, 0.6) is 0 Å². The molecule has 1 amide bonds. The van der Waals surface area contributed by atoms with Gasteiger partial charge in [0.1, 0.15) is 17.0 Å². The summed E-state index contributed by atoms with van der Waals surface area (Å²) in [4.78, 5) is 25.8. The number of hydrogen-bond donors (Lipinski definition) is 0. The molecular formula is C18H14FNO3. The lowest BCUT2D eigenvalue weighted by atomic mass is 10.1. The molecule has 0 aliphatic rings. The van der Waals surface area contributed by atoms with Gasteiger partial charge in [-0.2, -0.15) is 0 Å². The molecule has 0 N–H and O–H groups in total. The van der Waals surface area contributed by atoms with Gasteiger partial charge in [-0.3, -0.25) is 4.79 Å². The van der Waals surface area contributed by atoms with Crippen LogP contribution >= 0.6 is 0 Å². The molecule has 0 fully saturated rings. The number of nitrogens with zero attached hydrogens (tertiary/aromatic N) is 1. The minimum atomic E-state index is -0.681. The molecule has 0 saturated carbocycles. The molecule has 0 bridgehead atoms. The molecule has 5 heteroatoms. The lowest BCUT2D eigenvalue weighted by Gasteiger charge is -2.17. The topological polar surface area (TPSA) is 50.5 Å². The van der Waals surface area contributed by atoms with Crippen molar-refractivity contribution in [3.05, 3.63) is 82.0 Å². The Labute approximate surface area is 131 Å². The van der Waals surface area contributed by atoms with Crippen molar-refractivity contribution < 1.29 is 13.6 Å². The van der Waals surface area contributed by atoms with E-state index in [-0.39, 0.29) is 17.9 Å². The standard InChI is InChI=1S/C18H14FNO3/c1-20(11-12-5-4-7-14(19)9-12)17(21)15-10-13-6-2-3-8-16(13)23-18(15)22/h2-10H,11H2,1H3. The molecule has 0 aliphatic heterocycles. The second-order valence-corrected chi connectivity index (χ2v) is 5.28. The third-order valence-corrected chi connectivity index (χ3v) is 3.53. The van der Waals surface area contributed by atoms with E-state index in [9.17, 15) is 14.0 Å². The van der Waals surface area contributed by atoms with Crippen LogP contribution in [-0.2, 0) is 6.54 Å².